The number of anilines is 2. The number of amides is 1. The van der Waals surface area contributed by atoms with Gasteiger partial charge >= 0.3 is 0 Å². The lowest BCUT2D eigenvalue weighted by Gasteiger charge is -2.35. The van der Waals surface area contributed by atoms with Gasteiger partial charge in [-0.2, -0.15) is 0 Å². The van der Waals surface area contributed by atoms with E-state index < -0.39 is 0 Å². The van der Waals surface area contributed by atoms with E-state index in [1.165, 1.54) is 0 Å². The van der Waals surface area contributed by atoms with Gasteiger partial charge in [-0.1, -0.05) is 6.07 Å². The lowest BCUT2D eigenvalue weighted by molar-refractivity contribution is 0.0398. The number of piperazine rings is 1. The highest BCUT2D eigenvalue weighted by Gasteiger charge is 2.24. The molecule has 0 bridgehead atoms. The van der Waals surface area contributed by atoms with Gasteiger partial charge in [0, 0.05) is 64.8 Å². The van der Waals surface area contributed by atoms with E-state index >= 15 is 0 Å². The molecule has 154 valence electrons. The van der Waals surface area contributed by atoms with Gasteiger partial charge in [0.1, 0.15) is 11.5 Å². The molecule has 1 N–H and O–H groups in total. The van der Waals surface area contributed by atoms with Gasteiger partial charge in [0.15, 0.2) is 0 Å². The Balaban J connectivity index is 1.28. The summed E-state index contributed by atoms with van der Waals surface area (Å²) >= 11 is 0. The summed E-state index contributed by atoms with van der Waals surface area (Å²) < 4.78 is 5.36. The standard InChI is InChI=1S/C20H27N7O2/c28-19(27-11-9-26(10-12-27)18-3-1-2-5-21-18)17-4-6-22-20(24-17)23-7-8-25-13-15-29-16-14-25/h1-6H,7-16H2,(H,22,23,24). The monoisotopic (exact) mass is 397 g/mol. The van der Waals surface area contributed by atoms with Crippen molar-refractivity contribution in [3.05, 3.63) is 42.4 Å². The molecular weight excluding hydrogens is 370 g/mol. The van der Waals surface area contributed by atoms with Crippen LogP contribution in [0.15, 0.2) is 36.7 Å². The Kier molecular flexibility index (Phi) is 6.48. The Morgan fingerprint density at radius 3 is 2.59 bits per heavy atom. The van der Waals surface area contributed by atoms with Crippen LogP contribution >= 0.6 is 0 Å². The zero-order valence-corrected chi connectivity index (χ0v) is 16.5. The normalized spacial score (nSPS) is 17.9. The van der Waals surface area contributed by atoms with E-state index in [0.29, 0.717) is 24.7 Å². The topological polar surface area (TPSA) is 86.7 Å². The Morgan fingerprint density at radius 1 is 1.00 bits per heavy atom. The van der Waals surface area contributed by atoms with Crippen molar-refractivity contribution in [3.8, 4) is 0 Å². The van der Waals surface area contributed by atoms with Gasteiger partial charge in [0.05, 0.1) is 13.2 Å². The Morgan fingerprint density at radius 2 is 1.83 bits per heavy atom. The minimum atomic E-state index is -0.0516. The van der Waals surface area contributed by atoms with Crippen LogP contribution in [0.5, 0.6) is 0 Å². The molecule has 29 heavy (non-hydrogen) atoms. The van der Waals surface area contributed by atoms with Crippen molar-refractivity contribution in [2.24, 2.45) is 0 Å². The van der Waals surface area contributed by atoms with Crippen molar-refractivity contribution < 1.29 is 9.53 Å². The number of ether oxygens (including phenoxy) is 1. The molecule has 9 nitrogen and oxygen atoms in total. The maximum Gasteiger partial charge on any atom is 0.272 e. The number of rotatable bonds is 6. The summed E-state index contributed by atoms with van der Waals surface area (Å²) in [6.45, 7) is 7.94. The maximum atomic E-state index is 12.9. The van der Waals surface area contributed by atoms with E-state index in [2.05, 4.69) is 30.1 Å². The number of nitrogens with one attached hydrogen (secondary N) is 1. The van der Waals surface area contributed by atoms with Crippen LogP contribution in [0, 0.1) is 0 Å². The number of hydrogen-bond donors (Lipinski definition) is 1. The first kappa shape index (κ1) is 19.5. The molecular formula is C20H27N7O2. The third-order valence-electron chi connectivity index (χ3n) is 5.23. The van der Waals surface area contributed by atoms with Gasteiger partial charge in [-0.25, -0.2) is 15.0 Å². The van der Waals surface area contributed by atoms with Gasteiger partial charge in [0.25, 0.3) is 5.91 Å². The molecule has 0 aliphatic carbocycles. The van der Waals surface area contributed by atoms with Gasteiger partial charge in [-0.15, -0.1) is 0 Å². The summed E-state index contributed by atoms with van der Waals surface area (Å²) in [5.74, 6) is 1.40. The second kappa shape index (κ2) is 9.62. The first-order chi connectivity index (χ1) is 14.3. The van der Waals surface area contributed by atoms with Crippen molar-refractivity contribution in [2.75, 3.05) is 75.8 Å². The van der Waals surface area contributed by atoms with Crippen molar-refractivity contribution >= 4 is 17.7 Å². The first-order valence-electron chi connectivity index (χ1n) is 10.1. The van der Waals surface area contributed by atoms with Crippen LogP contribution in [0.4, 0.5) is 11.8 Å². The molecule has 0 spiro atoms. The number of carbonyl (C=O) groups excluding carboxylic acids is 1. The lowest BCUT2D eigenvalue weighted by atomic mass is 10.2. The van der Waals surface area contributed by atoms with Crippen LogP contribution < -0.4 is 10.2 Å². The average Bonchev–Trinajstić information content (AvgIpc) is 2.80. The second-order valence-electron chi connectivity index (χ2n) is 7.11. The molecule has 0 radical (unpaired) electrons. The van der Waals surface area contributed by atoms with E-state index in [4.69, 9.17) is 4.74 Å². The molecule has 0 aromatic carbocycles. The highest BCUT2D eigenvalue weighted by atomic mass is 16.5. The smallest absolute Gasteiger partial charge is 0.272 e. The molecule has 2 aromatic heterocycles. The number of pyridine rings is 1. The second-order valence-corrected chi connectivity index (χ2v) is 7.11. The predicted octanol–water partition coefficient (Wildman–Crippen LogP) is 0.578. The van der Waals surface area contributed by atoms with Crippen LogP contribution in [0.25, 0.3) is 0 Å². The minimum absolute atomic E-state index is 0.0516. The number of nitrogens with zero attached hydrogens (tertiary/aromatic N) is 6. The molecule has 2 saturated heterocycles. The fourth-order valence-electron chi connectivity index (χ4n) is 3.56. The zero-order chi connectivity index (χ0) is 19.9. The maximum absolute atomic E-state index is 12.9. The largest absolute Gasteiger partial charge is 0.379 e. The summed E-state index contributed by atoms with van der Waals surface area (Å²) in [5, 5.41) is 3.23. The van der Waals surface area contributed by atoms with Crippen molar-refractivity contribution in [1.29, 1.82) is 0 Å². The molecule has 0 saturated carbocycles. The zero-order valence-electron chi connectivity index (χ0n) is 16.5. The lowest BCUT2D eigenvalue weighted by Crippen LogP contribution is -2.49. The average molecular weight is 397 g/mol. The van der Waals surface area contributed by atoms with Gasteiger partial charge in [0.2, 0.25) is 5.95 Å². The van der Waals surface area contributed by atoms with Crippen LogP contribution in [-0.2, 0) is 4.74 Å². The van der Waals surface area contributed by atoms with Crippen LogP contribution in [-0.4, -0.2) is 96.2 Å². The van der Waals surface area contributed by atoms with Crippen LogP contribution in [0.2, 0.25) is 0 Å². The SMILES string of the molecule is O=C(c1ccnc(NCCN2CCOCC2)n1)N1CCN(c2ccccn2)CC1. The molecule has 0 atom stereocenters. The summed E-state index contributed by atoms with van der Waals surface area (Å²) in [6, 6.07) is 7.57. The first-order valence-corrected chi connectivity index (χ1v) is 10.1. The highest BCUT2D eigenvalue weighted by Crippen LogP contribution is 2.14. The summed E-state index contributed by atoms with van der Waals surface area (Å²) in [7, 11) is 0. The van der Waals surface area contributed by atoms with Crippen LogP contribution in [0.3, 0.4) is 0 Å². The molecule has 1 amide bonds. The number of carbonyl (C=O) groups is 1. The van der Waals surface area contributed by atoms with Crippen LogP contribution in [0.1, 0.15) is 10.5 Å². The highest BCUT2D eigenvalue weighted by molar-refractivity contribution is 5.92. The fraction of sp³-hybridized carbons (Fsp3) is 0.500. The molecule has 2 aliphatic heterocycles. The predicted molar refractivity (Wildman–Crippen MR) is 110 cm³/mol. The van der Waals surface area contributed by atoms with E-state index in [1.54, 1.807) is 18.5 Å². The number of hydrogen-bond acceptors (Lipinski definition) is 8. The van der Waals surface area contributed by atoms with Crippen molar-refractivity contribution in [3.63, 3.8) is 0 Å². The summed E-state index contributed by atoms with van der Waals surface area (Å²) in [5.41, 5.74) is 0.431. The van der Waals surface area contributed by atoms with Gasteiger partial charge in [-0.3, -0.25) is 9.69 Å². The van der Waals surface area contributed by atoms with Gasteiger partial charge in [-0.05, 0) is 18.2 Å². The van der Waals surface area contributed by atoms with Gasteiger partial charge < -0.3 is 19.9 Å². The molecule has 2 aromatic rings. The quantitative estimate of drug-likeness (QED) is 0.758. The molecule has 9 heteroatoms. The van der Waals surface area contributed by atoms with E-state index in [-0.39, 0.29) is 5.91 Å². The minimum Gasteiger partial charge on any atom is -0.379 e. The molecule has 4 heterocycles. The third kappa shape index (κ3) is 5.18. The number of aromatic nitrogens is 3. The van der Waals surface area contributed by atoms with Crippen molar-refractivity contribution in [2.45, 2.75) is 0 Å². The Hall–Kier alpha value is -2.78. The van der Waals surface area contributed by atoms with Crippen molar-refractivity contribution in [1.82, 2.24) is 24.8 Å². The summed E-state index contributed by atoms with van der Waals surface area (Å²) in [6.07, 6.45) is 3.43. The third-order valence-corrected chi connectivity index (χ3v) is 5.23. The fourth-order valence-corrected chi connectivity index (χ4v) is 3.56. The van der Waals surface area contributed by atoms with E-state index in [0.717, 1.165) is 58.3 Å². The molecule has 0 unspecified atom stereocenters. The Bertz CT molecular complexity index is 790. The van der Waals surface area contributed by atoms with E-state index in [9.17, 15) is 4.79 Å². The summed E-state index contributed by atoms with van der Waals surface area (Å²) in [4.78, 5) is 32.3. The molecule has 4 rings (SSSR count). The molecule has 2 aliphatic rings. The number of morpholine rings is 1. The Labute approximate surface area is 170 Å². The molecule has 2 fully saturated rings. The van der Waals surface area contributed by atoms with E-state index in [1.807, 2.05) is 23.1 Å².